The zero-order chi connectivity index (χ0) is 23.8. The number of hydrogen-bond donors (Lipinski definition) is 1. The fourth-order valence-electron chi connectivity index (χ4n) is 4.40. The summed E-state index contributed by atoms with van der Waals surface area (Å²) in [5.41, 5.74) is 3.17. The zero-order valence-corrected chi connectivity index (χ0v) is 18.8. The number of halogens is 2. The van der Waals surface area contributed by atoms with E-state index in [1.165, 1.54) is 6.07 Å². The largest absolute Gasteiger partial charge is 0.497 e. The van der Waals surface area contributed by atoms with Gasteiger partial charge in [0.15, 0.2) is 17.3 Å². The van der Waals surface area contributed by atoms with Gasteiger partial charge in [-0.15, -0.1) is 0 Å². The van der Waals surface area contributed by atoms with E-state index in [0.717, 1.165) is 35.4 Å². The van der Waals surface area contributed by atoms with E-state index in [1.807, 2.05) is 42.1 Å². The van der Waals surface area contributed by atoms with Gasteiger partial charge in [0.1, 0.15) is 17.6 Å². The molecule has 9 heteroatoms. The molecule has 174 valence electrons. The molecule has 34 heavy (non-hydrogen) atoms. The fraction of sp³-hybridized carbons (Fsp3) is 0.240. The first-order valence-corrected chi connectivity index (χ1v) is 10.9. The number of imidazole rings is 1. The van der Waals surface area contributed by atoms with Crippen LogP contribution in [0.1, 0.15) is 45.6 Å². The molecule has 2 heterocycles. The van der Waals surface area contributed by atoms with Crippen molar-refractivity contribution in [1.29, 1.82) is 0 Å². The molecule has 1 amide bonds. The highest BCUT2D eigenvalue weighted by Crippen LogP contribution is 2.30. The Kier molecular flexibility index (Phi) is 5.61. The molecule has 5 rings (SSSR count). The minimum absolute atomic E-state index is 0.282. The molecule has 1 aliphatic carbocycles. The normalized spacial score (nSPS) is 13.5. The molecule has 1 aliphatic rings. The number of nitrogens with one attached hydrogen (secondary N) is 1. The summed E-state index contributed by atoms with van der Waals surface area (Å²) >= 11 is 0. The number of carbonyl (C=O) groups excluding carboxylic acids is 1. The van der Waals surface area contributed by atoms with Crippen molar-refractivity contribution in [3.05, 3.63) is 94.8 Å². The maximum atomic E-state index is 13.9. The molecule has 0 radical (unpaired) electrons. The minimum Gasteiger partial charge on any atom is -0.497 e. The van der Waals surface area contributed by atoms with Crippen molar-refractivity contribution in [3.8, 4) is 11.4 Å². The molecular formula is C25H23F2N5O2. The third-order valence-corrected chi connectivity index (χ3v) is 6.13. The van der Waals surface area contributed by atoms with E-state index in [1.54, 1.807) is 18.0 Å². The first-order valence-electron chi connectivity index (χ1n) is 10.9. The Morgan fingerprint density at radius 3 is 2.59 bits per heavy atom. The lowest BCUT2D eigenvalue weighted by Crippen LogP contribution is -2.32. The van der Waals surface area contributed by atoms with Crippen LogP contribution in [-0.4, -0.2) is 32.3 Å². The van der Waals surface area contributed by atoms with Crippen LogP contribution in [-0.2, 0) is 19.9 Å². The third kappa shape index (κ3) is 3.83. The smallest absolute Gasteiger partial charge is 0.272 e. The molecule has 0 bridgehead atoms. The van der Waals surface area contributed by atoms with E-state index in [9.17, 15) is 13.6 Å². The van der Waals surface area contributed by atoms with Crippen LogP contribution < -0.4 is 10.1 Å². The highest BCUT2D eigenvalue weighted by molar-refractivity contribution is 5.94. The predicted molar refractivity (Wildman–Crippen MR) is 121 cm³/mol. The Hall–Kier alpha value is -4.01. The van der Waals surface area contributed by atoms with Gasteiger partial charge in [-0.2, -0.15) is 5.10 Å². The highest BCUT2D eigenvalue weighted by atomic mass is 19.2. The van der Waals surface area contributed by atoms with Gasteiger partial charge in [0, 0.05) is 36.8 Å². The number of aromatic nitrogens is 4. The summed E-state index contributed by atoms with van der Waals surface area (Å²) in [6, 6.07) is 10.5. The number of methoxy groups -OCH3 is 1. The molecule has 4 aromatic rings. The minimum atomic E-state index is -0.958. The Bertz CT molecular complexity index is 1360. The number of aryl methyl sites for hydroxylation is 1. The molecular weight excluding hydrogens is 440 g/mol. The van der Waals surface area contributed by atoms with Gasteiger partial charge < -0.3 is 14.6 Å². The second kappa shape index (κ2) is 8.74. The molecule has 2 aromatic carbocycles. The summed E-state index contributed by atoms with van der Waals surface area (Å²) < 4.78 is 36.0. The first kappa shape index (κ1) is 21.8. The Labute approximate surface area is 195 Å². The lowest BCUT2D eigenvalue weighted by molar-refractivity contribution is 0.0934. The number of amides is 1. The summed E-state index contributed by atoms with van der Waals surface area (Å²) in [6.45, 7) is 0. The first-order chi connectivity index (χ1) is 16.5. The fourth-order valence-corrected chi connectivity index (χ4v) is 4.40. The van der Waals surface area contributed by atoms with E-state index >= 15 is 0 Å². The molecule has 0 aliphatic heterocycles. The zero-order valence-electron chi connectivity index (χ0n) is 18.8. The van der Waals surface area contributed by atoms with Gasteiger partial charge in [0.25, 0.3) is 5.91 Å². The van der Waals surface area contributed by atoms with Crippen molar-refractivity contribution >= 4 is 5.91 Å². The average Bonchev–Trinajstić information content (AvgIpc) is 3.56. The molecule has 1 N–H and O–H groups in total. The van der Waals surface area contributed by atoms with Gasteiger partial charge in [-0.3, -0.25) is 4.79 Å². The third-order valence-electron chi connectivity index (χ3n) is 6.13. The number of ether oxygens (including phenoxy) is 1. The molecule has 0 fully saturated rings. The Balaban J connectivity index is 1.52. The SMILES string of the molecule is COc1ccc(C(NC(=O)c2nn(-c3ccc(F)c(F)c3)c3c2CCC3)c2nccn2C)cc1. The number of fused-ring (bicyclic) bond motifs is 1. The van der Waals surface area contributed by atoms with E-state index in [2.05, 4.69) is 15.4 Å². The second-order valence-corrected chi connectivity index (χ2v) is 8.21. The standard InChI is InChI=1S/C25H23F2N5O2/c1-31-13-12-28-24(31)22(15-6-9-17(34-2)10-7-15)29-25(33)23-18-4-3-5-21(18)32(30-23)16-8-11-19(26)20(27)14-16/h6-14,22H,3-5H2,1-2H3,(H,29,33). The van der Waals surface area contributed by atoms with Gasteiger partial charge in [-0.05, 0) is 49.1 Å². The number of hydrogen-bond acceptors (Lipinski definition) is 4. The van der Waals surface area contributed by atoms with Crippen LogP contribution >= 0.6 is 0 Å². The monoisotopic (exact) mass is 463 g/mol. The maximum absolute atomic E-state index is 13.9. The summed E-state index contributed by atoms with van der Waals surface area (Å²) in [7, 11) is 3.46. The number of rotatable bonds is 6. The molecule has 2 aromatic heterocycles. The van der Waals surface area contributed by atoms with Crippen molar-refractivity contribution in [2.24, 2.45) is 7.05 Å². The van der Waals surface area contributed by atoms with Crippen LogP contribution in [0.4, 0.5) is 8.78 Å². The van der Waals surface area contributed by atoms with E-state index in [4.69, 9.17) is 4.74 Å². The van der Waals surface area contributed by atoms with Gasteiger partial charge in [0.05, 0.1) is 12.8 Å². The molecule has 0 saturated heterocycles. The summed E-state index contributed by atoms with van der Waals surface area (Å²) in [6.07, 6.45) is 5.74. The number of carbonyl (C=O) groups is 1. The predicted octanol–water partition coefficient (Wildman–Crippen LogP) is 3.90. The molecule has 1 atom stereocenters. The van der Waals surface area contributed by atoms with Gasteiger partial charge in [-0.25, -0.2) is 18.4 Å². The Morgan fingerprint density at radius 2 is 1.91 bits per heavy atom. The number of benzene rings is 2. The van der Waals surface area contributed by atoms with Crippen LogP contribution in [0.25, 0.3) is 5.69 Å². The summed E-state index contributed by atoms with van der Waals surface area (Å²) in [5.74, 6) is -0.877. The van der Waals surface area contributed by atoms with E-state index < -0.39 is 17.7 Å². The molecule has 1 unspecified atom stereocenters. The van der Waals surface area contributed by atoms with Crippen LogP contribution in [0.3, 0.4) is 0 Å². The summed E-state index contributed by atoms with van der Waals surface area (Å²) in [4.78, 5) is 17.9. The topological polar surface area (TPSA) is 74.0 Å². The van der Waals surface area contributed by atoms with Crippen LogP contribution in [0, 0.1) is 11.6 Å². The van der Waals surface area contributed by atoms with Gasteiger partial charge in [-0.1, -0.05) is 12.1 Å². The van der Waals surface area contributed by atoms with Gasteiger partial charge in [0.2, 0.25) is 0 Å². The van der Waals surface area contributed by atoms with Crippen LogP contribution in [0.5, 0.6) is 5.75 Å². The van der Waals surface area contributed by atoms with Crippen LogP contribution in [0.15, 0.2) is 54.9 Å². The second-order valence-electron chi connectivity index (χ2n) is 8.21. The van der Waals surface area contributed by atoms with E-state index in [0.29, 0.717) is 30.1 Å². The van der Waals surface area contributed by atoms with Crippen molar-refractivity contribution in [1.82, 2.24) is 24.6 Å². The maximum Gasteiger partial charge on any atom is 0.272 e. The highest BCUT2D eigenvalue weighted by Gasteiger charge is 2.30. The Morgan fingerprint density at radius 1 is 1.12 bits per heavy atom. The van der Waals surface area contributed by atoms with Crippen LogP contribution in [0.2, 0.25) is 0 Å². The summed E-state index contributed by atoms with van der Waals surface area (Å²) in [5, 5.41) is 7.59. The molecule has 0 spiro atoms. The molecule has 7 nitrogen and oxygen atoms in total. The quantitative estimate of drug-likeness (QED) is 0.471. The lowest BCUT2D eigenvalue weighted by atomic mass is 10.0. The van der Waals surface area contributed by atoms with Crippen molar-refractivity contribution in [3.63, 3.8) is 0 Å². The van der Waals surface area contributed by atoms with Gasteiger partial charge >= 0.3 is 0 Å². The average molecular weight is 463 g/mol. The van der Waals surface area contributed by atoms with E-state index in [-0.39, 0.29) is 11.6 Å². The van der Waals surface area contributed by atoms with Crippen molar-refractivity contribution in [2.45, 2.75) is 25.3 Å². The van der Waals surface area contributed by atoms with Crippen molar-refractivity contribution < 1.29 is 18.3 Å². The lowest BCUT2D eigenvalue weighted by Gasteiger charge is -2.19. The molecule has 0 saturated carbocycles. The van der Waals surface area contributed by atoms with Crippen molar-refractivity contribution in [2.75, 3.05) is 7.11 Å². The number of nitrogens with zero attached hydrogens (tertiary/aromatic N) is 4.